The average molecular weight is 230 g/mol. The third-order valence-electron chi connectivity index (χ3n) is 3.20. The lowest BCUT2D eigenvalue weighted by Crippen LogP contribution is -2.15. The number of hydrogen-bond acceptors (Lipinski definition) is 0. The van der Waals surface area contributed by atoms with Crippen LogP contribution in [0.15, 0.2) is 0 Å². The Balaban J connectivity index is 3.38. The molecule has 0 nitrogen and oxygen atoms in total. The zero-order valence-corrected chi connectivity index (χ0v) is 12.3. The Morgan fingerprint density at radius 2 is 1.13 bits per heavy atom. The van der Waals surface area contributed by atoms with Gasteiger partial charge in [-0.2, -0.15) is 0 Å². The monoisotopic (exact) mass is 230 g/mol. The molecule has 0 saturated heterocycles. The maximum atomic E-state index is 3.08. The third-order valence-corrected chi connectivity index (χ3v) is 3.78. The van der Waals surface area contributed by atoms with E-state index in [1.807, 2.05) is 0 Å². The Kier molecular flexibility index (Phi) is 9.92. The summed E-state index contributed by atoms with van der Waals surface area (Å²) in [5.74, 6) is 0. The van der Waals surface area contributed by atoms with Gasteiger partial charge < -0.3 is 0 Å². The summed E-state index contributed by atoms with van der Waals surface area (Å²) in [5.41, 5.74) is 0. The van der Waals surface area contributed by atoms with Gasteiger partial charge in [0, 0.05) is 0 Å². The third kappa shape index (κ3) is 10.7. The lowest BCUT2D eigenvalue weighted by Gasteiger charge is -2.24. The van der Waals surface area contributed by atoms with Gasteiger partial charge in [-0.05, 0) is 18.0 Å². The van der Waals surface area contributed by atoms with Crippen molar-refractivity contribution in [3.63, 3.8) is 0 Å². The van der Waals surface area contributed by atoms with Gasteiger partial charge in [0.1, 0.15) is 0 Å². The number of rotatable bonds is 10. The fourth-order valence-corrected chi connectivity index (χ4v) is 2.44. The topological polar surface area (TPSA) is 0 Å². The summed E-state index contributed by atoms with van der Waals surface area (Å²) in [7, 11) is 3.08. The molecule has 0 heterocycles. The highest BCUT2D eigenvalue weighted by molar-refractivity contribution is 7.18. The summed E-state index contributed by atoms with van der Waals surface area (Å²) in [4.78, 5) is 0. The summed E-state index contributed by atoms with van der Waals surface area (Å²) in [6, 6.07) is 0. The molecule has 0 fully saturated rings. The van der Waals surface area contributed by atoms with E-state index in [4.69, 9.17) is 0 Å². The van der Waals surface area contributed by atoms with E-state index in [9.17, 15) is 0 Å². The lowest BCUT2D eigenvalue weighted by atomic mass is 9.95. The number of hydrogen-bond donors (Lipinski definition) is 0. The van der Waals surface area contributed by atoms with Crippen LogP contribution in [0.25, 0.3) is 0 Å². The Morgan fingerprint density at radius 1 is 0.733 bits per heavy atom. The van der Waals surface area contributed by atoms with Crippen molar-refractivity contribution in [1.29, 1.82) is 0 Å². The number of unbranched alkanes of at least 4 members (excludes halogenated alkanes) is 6. The molecule has 0 bridgehead atoms. The minimum atomic E-state index is 0.515. The van der Waals surface area contributed by atoms with E-state index in [2.05, 4.69) is 30.0 Å². The van der Waals surface area contributed by atoms with Crippen LogP contribution in [0.4, 0.5) is 0 Å². The predicted molar refractivity (Wildman–Crippen MR) is 75.6 cm³/mol. The molecule has 0 aliphatic carbocycles. The molecule has 0 aliphatic rings. The van der Waals surface area contributed by atoms with Crippen LogP contribution in [-0.4, -0.2) is 5.16 Å². The van der Waals surface area contributed by atoms with E-state index >= 15 is 0 Å². The molecule has 0 N–H and O–H groups in total. The van der Waals surface area contributed by atoms with Crippen molar-refractivity contribution >= 4 is 9.24 Å². The second kappa shape index (κ2) is 9.64. The molecule has 0 rings (SSSR count). The van der Waals surface area contributed by atoms with Crippen LogP contribution < -0.4 is 0 Å². The molecule has 0 spiro atoms. The Labute approximate surface area is 99.8 Å². The molecule has 0 aromatic carbocycles. The van der Waals surface area contributed by atoms with Gasteiger partial charge in [-0.15, -0.1) is 9.24 Å². The van der Waals surface area contributed by atoms with Crippen molar-refractivity contribution in [2.75, 3.05) is 0 Å². The van der Waals surface area contributed by atoms with Crippen molar-refractivity contribution < 1.29 is 0 Å². The van der Waals surface area contributed by atoms with E-state index in [0.29, 0.717) is 5.16 Å². The van der Waals surface area contributed by atoms with Crippen LogP contribution in [0.1, 0.15) is 85.0 Å². The Morgan fingerprint density at radius 3 is 1.67 bits per heavy atom. The first-order chi connectivity index (χ1) is 7.12. The fourth-order valence-electron chi connectivity index (χ4n) is 2.04. The highest BCUT2D eigenvalue weighted by Crippen LogP contribution is 2.31. The largest absolute Gasteiger partial charge is 0.131 e. The quantitative estimate of drug-likeness (QED) is 0.340. The van der Waals surface area contributed by atoms with Gasteiger partial charge in [-0.25, -0.2) is 0 Å². The molecular weight excluding hydrogens is 199 g/mol. The standard InChI is InChI=1S/C14H31P/c1-4-6-8-9-11-13-14(3,15)12-10-7-5-2/h4-13,15H2,1-3H3. The van der Waals surface area contributed by atoms with Gasteiger partial charge in [-0.3, -0.25) is 0 Å². The van der Waals surface area contributed by atoms with Gasteiger partial charge in [0.25, 0.3) is 0 Å². The molecular formula is C14H31P. The average Bonchev–Trinajstić information content (AvgIpc) is 2.17. The molecule has 0 aromatic heterocycles. The van der Waals surface area contributed by atoms with E-state index < -0.39 is 0 Å². The summed E-state index contributed by atoms with van der Waals surface area (Å²) < 4.78 is 0. The van der Waals surface area contributed by atoms with Crippen LogP contribution in [0.5, 0.6) is 0 Å². The Bertz CT molecular complexity index is 129. The van der Waals surface area contributed by atoms with E-state index in [-0.39, 0.29) is 0 Å². The molecule has 2 atom stereocenters. The van der Waals surface area contributed by atoms with E-state index in [1.54, 1.807) is 0 Å². The fraction of sp³-hybridized carbons (Fsp3) is 1.00. The SMILES string of the molecule is CCCCCCCC(C)(P)CCCCC. The first kappa shape index (κ1) is 15.4. The molecule has 0 saturated carbocycles. The van der Waals surface area contributed by atoms with Gasteiger partial charge in [0.2, 0.25) is 0 Å². The first-order valence-corrected chi connectivity index (χ1v) is 7.49. The van der Waals surface area contributed by atoms with Crippen molar-refractivity contribution in [2.45, 2.75) is 90.1 Å². The first-order valence-electron chi connectivity index (χ1n) is 6.91. The van der Waals surface area contributed by atoms with Gasteiger partial charge in [0.05, 0.1) is 0 Å². The minimum absolute atomic E-state index is 0.515. The molecule has 15 heavy (non-hydrogen) atoms. The summed E-state index contributed by atoms with van der Waals surface area (Å²) in [6.45, 7) is 6.97. The maximum absolute atomic E-state index is 3.08. The highest BCUT2D eigenvalue weighted by Gasteiger charge is 2.16. The van der Waals surface area contributed by atoms with Gasteiger partial charge >= 0.3 is 0 Å². The van der Waals surface area contributed by atoms with Crippen LogP contribution in [0.2, 0.25) is 0 Å². The summed E-state index contributed by atoms with van der Waals surface area (Å²) >= 11 is 0. The molecule has 0 radical (unpaired) electrons. The molecule has 1 heteroatoms. The predicted octanol–water partition coefficient (Wildman–Crippen LogP) is 5.56. The van der Waals surface area contributed by atoms with Gasteiger partial charge in [-0.1, -0.05) is 72.1 Å². The maximum Gasteiger partial charge on any atom is -0.0178 e. The Hall–Kier alpha value is 0.430. The summed E-state index contributed by atoms with van der Waals surface area (Å²) in [6.07, 6.45) is 14.0. The van der Waals surface area contributed by atoms with Crippen molar-refractivity contribution in [1.82, 2.24) is 0 Å². The molecule has 2 unspecified atom stereocenters. The summed E-state index contributed by atoms with van der Waals surface area (Å²) in [5, 5.41) is 0.515. The minimum Gasteiger partial charge on any atom is -0.131 e. The molecule has 0 aromatic rings. The molecule has 92 valence electrons. The molecule has 0 amide bonds. The van der Waals surface area contributed by atoms with Crippen molar-refractivity contribution in [3.05, 3.63) is 0 Å². The smallest absolute Gasteiger partial charge is 0.0178 e. The van der Waals surface area contributed by atoms with E-state index in [1.165, 1.54) is 64.2 Å². The van der Waals surface area contributed by atoms with E-state index in [0.717, 1.165) is 0 Å². The lowest BCUT2D eigenvalue weighted by molar-refractivity contribution is 0.474. The second-order valence-corrected chi connectivity index (χ2v) is 6.67. The second-order valence-electron chi connectivity index (χ2n) is 5.28. The van der Waals surface area contributed by atoms with Crippen LogP contribution in [-0.2, 0) is 0 Å². The van der Waals surface area contributed by atoms with Gasteiger partial charge in [0.15, 0.2) is 0 Å². The van der Waals surface area contributed by atoms with Crippen molar-refractivity contribution in [3.8, 4) is 0 Å². The highest BCUT2D eigenvalue weighted by atomic mass is 31.0. The van der Waals surface area contributed by atoms with Crippen LogP contribution in [0.3, 0.4) is 0 Å². The molecule has 0 aliphatic heterocycles. The zero-order chi connectivity index (χ0) is 11.6. The normalized spacial score (nSPS) is 15.2. The van der Waals surface area contributed by atoms with Crippen LogP contribution >= 0.6 is 9.24 Å². The van der Waals surface area contributed by atoms with Crippen LogP contribution in [0, 0.1) is 0 Å². The zero-order valence-electron chi connectivity index (χ0n) is 11.1. The van der Waals surface area contributed by atoms with Crippen molar-refractivity contribution in [2.24, 2.45) is 0 Å².